The van der Waals surface area contributed by atoms with Crippen molar-refractivity contribution in [1.82, 2.24) is 14.4 Å². The summed E-state index contributed by atoms with van der Waals surface area (Å²) in [6.07, 6.45) is 7.80. The molecular formula is C11H15N5. The van der Waals surface area contributed by atoms with Gasteiger partial charge in [-0.2, -0.15) is 0 Å². The summed E-state index contributed by atoms with van der Waals surface area (Å²) in [5, 5.41) is 3.40. The number of hydrogen-bond donors (Lipinski definition) is 2. The average molecular weight is 217 g/mol. The Labute approximate surface area is 93.7 Å². The van der Waals surface area contributed by atoms with Crippen LogP contribution in [-0.4, -0.2) is 20.4 Å². The van der Waals surface area contributed by atoms with Crippen molar-refractivity contribution >= 4 is 17.3 Å². The van der Waals surface area contributed by atoms with Crippen LogP contribution in [0.25, 0.3) is 5.65 Å². The molecule has 1 saturated carbocycles. The monoisotopic (exact) mass is 217 g/mol. The molecule has 0 radical (unpaired) electrons. The summed E-state index contributed by atoms with van der Waals surface area (Å²) in [6.45, 7) is 2.26. The van der Waals surface area contributed by atoms with E-state index in [-0.39, 0.29) is 0 Å². The summed E-state index contributed by atoms with van der Waals surface area (Å²) in [6, 6.07) is 0.518. The number of aromatic nitrogens is 3. The maximum atomic E-state index is 5.75. The normalized spacial score (nSPS) is 24.3. The molecule has 0 unspecified atom stereocenters. The summed E-state index contributed by atoms with van der Waals surface area (Å²) >= 11 is 0. The van der Waals surface area contributed by atoms with Gasteiger partial charge in [-0.05, 0) is 18.8 Å². The molecule has 0 aromatic carbocycles. The van der Waals surface area contributed by atoms with Crippen molar-refractivity contribution in [2.45, 2.75) is 25.8 Å². The van der Waals surface area contributed by atoms with Gasteiger partial charge in [0.15, 0.2) is 11.5 Å². The van der Waals surface area contributed by atoms with Gasteiger partial charge in [0.05, 0.1) is 6.20 Å². The first-order chi connectivity index (χ1) is 7.72. The number of imidazole rings is 1. The summed E-state index contributed by atoms with van der Waals surface area (Å²) < 4.78 is 1.90. The summed E-state index contributed by atoms with van der Waals surface area (Å²) in [5.74, 6) is 2.12. The molecule has 16 heavy (non-hydrogen) atoms. The van der Waals surface area contributed by atoms with Crippen LogP contribution in [0.1, 0.15) is 19.8 Å². The number of nitrogens with zero attached hydrogens (tertiary/aromatic N) is 3. The second kappa shape index (κ2) is 3.37. The number of hydrogen-bond acceptors (Lipinski definition) is 4. The lowest BCUT2D eigenvalue weighted by atomic mass is 9.82. The third-order valence-electron chi connectivity index (χ3n) is 3.11. The van der Waals surface area contributed by atoms with Gasteiger partial charge in [-0.3, -0.25) is 0 Å². The van der Waals surface area contributed by atoms with Crippen molar-refractivity contribution < 1.29 is 0 Å². The first-order valence-corrected chi connectivity index (χ1v) is 5.58. The molecule has 1 aliphatic carbocycles. The molecule has 0 amide bonds. The zero-order chi connectivity index (χ0) is 11.1. The smallest absolute Gasteiger partial charge is 0.180 e. The summed E-state index contributed by atoms with van der Waals surface area (Å²) in [4.78, 5) is 8.58. The fourth-order valence-corrected chi connectivity index (χ4v) is 2.26. The van der Waals surface area contributed by atoms with Gasteiger partial charge in [0.2, 0.25) is 0 Å². The van der Waals surface area contributed by atoms with Gasteiger partial charge in [-0.15, -0.1) is 0 Å². The maximum Gasteiger partial charge on any atom is 0.180 e. The van der Waals surface area contributed by atoms with E-state index in [2.05, 4.69) is 22.2 Å². The van der Waals surface area contributed by atoms with Crippen LogP contribution in [0, 0.1) is 5.92 Å². The van der Waals surface area contributed by atoms with E-state index in [9.17, 15) is 0 Å². The molecule has 0 spiro atoms. The van der Waals surface area contributed by atoms with Crippen LogP contribution in [0.3, 0.4) is 0 Å². The van der Waals surface area contributed by atoms with Gasteiger partial charge in [0.1, 0.15) is 5.82 Å². The van der Waals surface area contributed by atoms with Crippen LogP contribution in [-0.2, 0) is 0 Å². The Morgan fingerprint density at radius 1 is 1.50 bits per heavy atom. The highest BCUT2D eigenvalue weighted by atomic mass is 15.1. The van der Waals surface area contributed by atoms with E-state index in [4.69, 9.17) is 5.73 Å². The van der Waals surface area contributed by atoms with Crippen LogP contribution in [0.15, 0.2) is 18.6 Å². The van der Waals surface area contributed by atoms with E-state index in [1.165, 1.54) is 12.8 Å². The number of fused-ring (bicyclic) bond motifs is 1. The summed E-state index contributed by atoms with van der Waals surface area (Å²) in [7, 11) is 0. The van der Waals surface area contributed by atoms with Gasteiger partial charge in [0, 0.05) is 18.4 Å². The zero-order valence-corrected chi connectivity index (χ0v) is 9.22. The molecule has 2 heterocycles. The molecule has 5 heteroatoms. The Morgan fingerprint density at radius 2 is 2.31 bits per heavy atom. The van der Waals surface area contributed by atoms with Crippen LogP contribution >= 0.6 is 0 Å². The van der Waals surface area contributed by atoms with Crippen molar-refractivity contribution in [1.29, 1.82) is 0 Å². The number of nitrogen functional groups attached to an aromatic ring is 1. The van der Waals surface area contributed by atoms with Crippen LogP contribution in [0.5, 0.6) is 0 Å². The Morgan fingerprint density at radius 3 is 3.06 bits per heavy atom. The minimum Gasteiger partial charge on any atom is -0.382 e. The van der Waals surface area contributed by atoms with E-state index in [1.807, 2.05) is 10.6 Å². The minimum atomic E-state index is 0.514. The lowest BCUT2D eigenvalue weighted by Gasteiger charge is -2.33. The zero-order valence-electron chi connectivity index (χ0n) is 9.22. The highest BCUT2D eigenvalue weighted by molar-refractivity contribution is 5.65. The molecular weight excluding hydrogens is 202 g/mol. The van der Waals surface area contributed by atoms with Gasteiger partial charge in [0.25, 0.3) is 0 Å². The topological polar surface area (TPSA) is 68.2 Å². The lowest BCUT2D eigenvalue weighted by molar-refractivity contribution is 0.308. The van der Waals surface area contributed by atoms with Crippen LogP contribution < -0.4 is 11.1 Å². The standard InChI is InChI=1S/C11H15N5/c1-7-4-8(5-7)14-10-11-13-2-3-16(11)6-9(12)15-10/h2-3,6-8H,4-5,12H2,1H3,(H,14,15). The molecule has 1 fully saturated rings. The fraction of sp³-hybridized carbons (Fsp3) is 0.455. The van der Waals surface area contributed by atoms with Crippen LogP contribution in [0.4, 0.5) is 11.6 Å². The molecule has 1 aliphatic rings. The van der Waals surface area contributed by atoms with E-state index >= 15 is 0 Å². The number of anilines is 2. The fourth-order valence-electron chi connectivity index (χ4n) is 2.26. The van der Waals surface area contributed by atoms with Crippen molar-refractivity contribution in [3.05, 3.63) is 18.6 Å². The Bertz CT molecular complexity index is 512. The molecule has 3 rings (SSSR count). The van der Waals surface area contributed by atoms with Crippen molar-refractivity contribution in [2.24, 2.45) is 5.92 Å². The first-order valence-electron chi connectivity index (χ1n) is 5.58. The third-order valence-corrected chi connectivity index (χ3v) is 3.11. The second-order valence-electron chi connectivity index (χ2n) is 4.59. The molecule has 3 N–H and O–H groups in total. The predicted octanol–water partition coefficient (Wildman–Crippen LogP) is 1.52. The minimum absolute atomic E-state index is 0.514. The molecule has 0 atom stereocenters. The molecule has 2 aromatic heterocycles. The molecule has 84 valence electrons. The Balaban J connectivity index is 1.92. The van der Waals surface area contributed by atoms with Gasteiger partial charge in [-0.25, -0.2) is 9.97 Å². The SMILES string of the molecule is CC1CC(Nc2nc(N)cn3ccnc23)C1. The van der Waals surface area contributed by atoms with Crippen LogP contribution in [0.2, 0.25) is 0 Å². The largest absolute Gasteiger partial charge is 0.382 e. The highest BCUT2D eigenvalue weighted by Crippen LogP contribution is 2.29. The quantitative estimate of drug-likeness (QED) is 0.800. The maximum absolute atomic E-state index is 5.75. The molecule has 5 nitrogen and oxygen atoms in total. The molecule has 0 bridgehead atoms. The Kier molecular flexibility index (Phi) is 1.99. The average Bonchev–Trinajstić information content (AvgIpc) is 2.62. The Hall–Kier alpha value is -1.78. The van der Waals surface area contributed by atoms with Gasteiger partial charge < -0.3 is 15.5 Å². The van der Waals surface area contributed by atoms with E-state index < -0.39 is 0 Å². The second-order valence-corrected chi connectivity index (χ2v) is 4.59. The van der Waals surface area contributed by atoms with Crippen molar-refractivity contribution in [3.63, 3.8) is 0 Å². The van der Waals surface area contributed by atoms with Crippen molar-refractivity contribution in [3.8, 4) is 0 Å². The lowest BCUT2D eigenvalue weighted by Crippen LogP contribution is -2.34. The number of rotatable bonds is 2. The first kappa shape index (κ1) is 9.45. The number of nitrogens with one attached hydrogen (secondary N) is 1. The van der Waals surface area contributed by atoms with E-state index in [0.29, 0.717) is 11.9 Å². The van der Waals surface area contributed by atoms with Gasteiger partial charge >= 0.3 is 0 Å². The number of nitrogens with two attached hydrogens (primary N) is 1. The highest BCUT2D eigenvalue weighted by Gasteiger charge is 2.26. The summed E-state index contributed by atoms with van der Waals surface area (Å²) in [5.41, 5.74) is 6.59. The predicted molar refractivity (Wildman–Crippen MR) is 63.2 cm³/mol. The van der Waals surface area contributed by atoms with Gasteiger partial charge in [-0.1, -0.05) is 6.92 Å². The molecule has 0 saturated heterocycles. The molecule has 2 aromatic rings. The third kappa shape index (κ3) is 1.48. The molecule has 0 aliphatic heterocycles. The van der Waals surface area contributed by atoms with E-state index in [1.54, 1.807) is 12.4 Å². The van der Waals surface area contributed by atoms with Crippen molar-refractivity contribution in [2.75, 3.05) is 11.1 Å². The van der Waals surface area contributed by atoms with E-state index in [0.717, 1.165) is 17.4 Å².